The zero-order chi connectivity index (χ0) is 13.1. The first kappa shape index (κ1) is 13.2. The number of halogens is 2. The lowest BCUT2D eigenvalue weighted by Crippen LogP contribution is -2.09. The van der Waals surface area contributed by atoms with Gasteiger partial charge in [-0.1, -0.05) is 5.16 Å². The SMILES string of the molecule is C#CCC(N)c1nc(-c2ncc(Br)cc2Br)no1. The molecule has 7 heteroatoms. The monoisotopic (exact) mass is 370 g/mol. The van der Waals surface area contributed by atoms with Gasteiger partial charge in [0.25, 0.3) is 0 Å². The highest BCUT2D eigenvalue weighted by Gasteiger charge is 2.17. The summed E-state index contributed by atoms with van der Waals surface area (Å²) < 4.78 is 6.68. The zero-order valence-electron chi connectivity index (χ0n) is 9.10. The van der Waals surface area contributed by atoms with E-state index in [-0.39, 0.29) is 0 Å². The van der Waals surface area contributed by atoms with E-state index < -0.39 is 6.04 Å². The molecule has 2 N–H and O–H groups in total. The molecule has 2 aromatic heterocycles. The third kappa shape index (κ3) is 2.77. The van der Waals surface area contributed by atoms with Crippen molar-refractivity contribution >= 4 is 31.9 Å². The topological polar surface area (TPSA) is 77.8 Å². The van der Waals surface area contributed by atoms with Crippen molar-refractivity contribution in [2.45, 2.75) is 12.5 Å². The summed E-state index contributed by atoms with van der Waals surface area (Å²) in [6.07, 6.45) is 7.17. The maximum atomic E-state index is 5.78. The highest BCUT2D eigenvalue weighted by Crippen LogP contribution is 2.27. The number of aromatic nitrogens is 3. The average molecular weight is 372 g/mol. The number of hydrogen-bond acceptors (Lipinski definition) is 5. The van der Waals surface area contributed by atoms with Crippen molar-refractivity contribution in [2.75, 3.05) is 0 Å². The zero-order valence-corrected chi connectivity index (χ0v) is 12.3. The molecule has 92 valence electrons. The van der Waals surface area contributed by atoms with E-state index in [0.717, 1.165) is 8.95 Å². The number of pyridine rings is 1. The van der Waals surface area contributed by atoms with Gasteiger partial charge in [0.05, 0.1) is 6.04 Å². The van der Waals surface area contributed by atoms with Gasteiger partial charge in [-0.15, -0.1) is 12.3 Å². The Kier molecular flexibility index (Phi) is 4.11. The molecule has 0 aliphatic rings. The van der Waals surface area contributed by atoms with E-state index >= 15 is 0 Å². The van der Waals surface area contributed by atoms with E-state index in [1.165, 1.54) is 0 Å². The molecule has 2 heterocycles. The van der Waals surface area contributed by atoms with Crippen LogP contribution < -0.4 is 5.73 Å². The first-order chi connectivity index (χ1) is 8.61. The Bertz CT molecular complexity index is 605. The number of terminal acetylenes is 1. The van der Waals surface area contributed by atoms with Gasteiger partial charge in [0.2, 0.25) is 11.7 Å². The second kappa shape index (κ2) is 5.61. The van der Waals surface area contributed by atoms with E-state index in [1.807, 2.05) is 6.07 Å². The van der Waals surface area contributed by atoms with Gasteiger partial charge in [-0.3, -0.25) is 4.98 Å². The Labute approximate surface area is 120 Å². The van der Waals surface area contributed by atoms with Crippen LogP contribution in [-0.2, 0) is 0 Å². The highest BCUT2D eigenvalue weighted by molar-refractivity contribution is 9.11. The van der Waals surface area contributed by atoms with Gasteiger partial charge in [0.1, 0.15) is 5.69 Å². The van der Waals surface area contributed by atoms with E-state index in [4.69, 9.17) is 16.7 Å². The smallest absolute Gasteiger partial charge is 0.244 e. The molecule has 1 atom stereocenters. The predicted molar refractivity (Wildman–Crippen MR) is 73.3 cm³/mol. The van der Waals surface area contributed by atoms with Crippen LogP contribution in [-0.4, -0.2) is 15.1 Å². The lowest BCUT2D eigenvalue weighted by Gasteiger charge is -1.99. The summed E-state index contributed by atoms with van der Waals surface area (Å²) in [5, 5.41) is 3.84. The maximum Gasteiger partial charge on any atom is 0.244 e. The first-order valence-corrected chi connectivity index (χ1v) is 6.54. The Balaban J connectivity index is 2.32. The van der Waals surface area contributed by atoms with Crippen molar-refractivity contribution in [3.8, 4) is 23.9 Å². The summed E-state index contributed by atoms with van der Waals surface area (Å²) in [5.74, 6) is 3.13. The molecular weight excluding hydrogens is 364 g/mol. The Morgan fingerprint density at radius 1 is 1.50 bits per heavy atom. The van der Waals surface area contributed by atoms with Crippen LogP contribution in [0.25, 0.3) is 11.5 Å². The Hall–Kier alpha value is -1.23. The van der Waals surface area contributed by atoms with Crippen molar-refractivity contribution in [2.24, 2.45) is 5.73 Å². The van der Waals surface area contributed by atoms with Crippen LogP contribution in [0.4, 0.5) is 0 Å². The van der Waals surface area contributed by atoms with Crippen LogP contribution in [0.15, 0.2) is 25.7 Å². The van der Waals surface area contributed by atoms with Gasteiger partial charge in [-0.25, -0.2) is 0 Å². The molecule has 0 aromatic carbocycles. The minimum absolute atomic E-state index is 0.305. The summed E-state index contributed by atoms with van der Waals surface area (Å²) in [6, 6.07) is 1.39. The molecule has 2 aromatic rings. The van der Waals surface area contributed by atoms with Gasteiger partial charge in [0, 0.05) is 21.6 Å². The van der Waals surface area contributed by atoms with Gasteiger partial charge in [0.15, 0.2) is 0 Å². The summed E-state index contributed by atoms with van der Waals surface area (Å²) in [5.41, 5.74) is 6.37. The maximum absolute atomic E-state index is 5.78. The molecule has 0 bridgehead atoms. The molecule has 0 fully saturated rings. The van der Waals surface area contributed by atoms with Gasteiger partial charge in [-0.2, -0.15) is 4.98 Å². The third-order valence-corrected chi connectivity index (χ3v) is 3.15. The standard InChI is InChI=1S/C11H8Br2N4O/c1-2-3-8(14)11-16-10(17-18-11)9-7(13)4-6(12)5-15-9/h1,4-5,8H,3,14H2. The molecule has 0 aliphatic heterocycles. The highest BCUT2D eigenvalue weighted by atomic mass is 79.9. The molecular formula is C11H8Br2N4O. The molecule has 0 aliphatic carbocycles. The van der Waals surface area contributed by atoms with Crippen molar-refractivity contribution in [3.05, 3.63) is 27.1 Å². The van der Waals surface area contributed by atoms with Crippen molar-refractivity contribution in [3.63, 3.8) is 0 Å². The lowest BCUT2D eigenvalue weighted by molar-refractivity contribution is 0.356. The minimum atomic E-state index is -0.453. The Morgan fingerprint density at radius 2 is 2.28 bits per heavy atom. The molecule has 0 spiro atoms. The van der Waals surface area contributed by atoms with E-state index in [1.54, 1.807) is 6.20 Å². The second-order valence-corrected chi connectivity index (χ2v) is 5.22. The molecule has 0 radical (unpaired) electrons. The largest absolute Gasteiger partial charge is 0.337 e. The van der Waals surface area contributed by atoms with E-state index in [0.29, 0.717) is 23.8 Å². The number of nitrogens with zero attached hydrogens (tertiary/aromatic N) is 3. The summed E-state index contributed by atoms with van der Waals surface area (Å²) in [4.78, 5) is 8.39. The minimum Gasteiger partial charge on any atom is -0.337 e. The average Bonchev–Trinajstić information content (AvgIpc) is 2.78. The molecule has 18 heavy (non-hydrogen) atoms. The van der Waals surface area contributed by atoms with E-state index in [2.05, 4.69) is 52.9 Å². The number of rotatable bonds is 3. The predicted octanol–water partition coefficient (Wildman–Crippen LogP) is 2.68. The van der Waals surface area contributed by atoms with Crippen LogP contribution in [0.3, 0.4) is 0 Å². The third-order valence-electron chi connectivity index (χ3n) is 2.12. The fourth-order valence-electron chi connectivity index (χ4n) is 1.28. The molecule has 0 amide bonds. The lowest BCUT2D eigenvalue weighted by atomic mass is 10.2. The van der Waals surface area contributed by atoms with Crippen LogP contribution >= 0.6 is 31.9 Å². The van der Waals surface area contributed by atoms with Crippen molar-refractivity contribution < 1.29 is 4.52 Å². The van der Waals surface area contributed by atoms with Gasteiger partial charge >= 0.3 is 0 Å². The number of nitrogens with two attached hydrogens (primary N) is 1. The van der Waals surface area contributed by atoms with Crippen molar-refractivity contribution in [1.82, 2.24) is 15.1 Å². The molecule has 5 nitrogen and oxygen atoms in total. The normalized spacial score (nSPS) is 12.1. The van der Waals surface area contributed by atoms with E-state index in [9.17, 15) is 0 Å². The van der Waals surface area contributed by atoms with Crippen LogP contribution in [0.1, 0.15) is 18.4 Å². The van der Waals surface area contributed by atoms with Gasteiger partial charge < -0.3 is 10.3 Å². The van der Waals surface area contributed by atoms with Gasteiger partial charge in [-0.05, 0) is 37.9 Å². The van der Waals surface area contributed by atoms with Crippen LogP contribution in [0.2, 0.25) is 0 Å². The fraction of sp³-hybridized carbons (Fsp3) is 0.182. The van der Waals surface area contributed by atoms with Crippen molar-refractivity contribution in [1.29, 1.82) is 0 Å². The molecule has 2 rings (SSSR count). The van der Waals surface area contributed by atoms with Crippen LogP contribution in [0, 0.1) is 12.3 Å². The van der Waals surface area contributed by atoms with Crippen LogP contribution in [0.5, 0.6) is 0 Å². The Morgan fingerprint density at radius 3 is 2.94 bits per heavy atom. The second-order valence-electron chi connectivity index (χ2n) is 3.45. The first-order valence-electron chi connectivity index (χ1n) is 4.96. The molecule has 1 unspecified atom stereocenters. The summed E-state index contributed by atoms with van der Waals surface area (Å²) >= 11 is 6.70. The fourth-order valence-corrected chi connectivity index (χ4v) is 2.44. The molecule has 0 saturated heterocycles. The summed E-state index contributed by atoms with van der Waals surface area (Å²) in [6.45, 7) is 0. The number of hydrogen-bond donors (Lipinski definition) is 1. The summed E-state index contributed by atoms with van der Waals surface area (Å²) in [7, 11) is 0. The molecule has 0 saturated carbocycles. The quantitative estimate of drug-likeness (QED) is 0.839.